The van der Waals surface area contributed by atoms with Gasteiger partial charge in [-0.2, -0.15) is 5.10 Å². The summed E-state index contributed by atoms with van der Waals surface area (Å²) in [6.45, 7) is 0.0704. The Labute approximate surface area is 154 Å². The molecule has 27 heavy (non-hydrogen) atoms. The van der Waals surface area contributed by atoms with Gasteiger partial charge in [0, 0.05) is 11.8 Å². The van der Waals surface area contributed by atoms with Crippen LogP contribution in [-0.2, 0) is 4.79 Å². The highest BCUT2D eigenvalue weighted by Gasteiger charge is 2.16. The standard InChI is InChI=1S/C19H16N4O4/c24-19(13-20-14-6-2-1-3-7-14)22-21-12-15-10-11-18(27-15)16-8-4-5-9-17(16)23(25)26/h1-12,20H,13H2,(H,22,24)/b21-12-. The van der Waals surface area contributed by atoms with Crippen LogP contribution >= 0.6 is 0 Å². The third-order valence-electron chi connectivity index (χ3n) is 3.60. The van der Waals surface area contributed by atoms with Crippen LogP contribution in [0.25, 0.3) is 11.3 Å². The lowest BCUT2D eigenvalue weighted by molar-refractivity contribution is -0.384. The number of furan rings is 1. The molecule has 3 rings (SSSR count). The number of nitro benzene ring substituents is 1. The first-order chi connectivity index (χ1) is 13.1. The molecule has 8 heteroatoms. The van der Waals surface area contributed by atoms with Gasteiger partial charge in [0.2, 0.25) is 0 Å². The second kappa shape index (κ2) is 8.43. The highest BCUT2D eigenvalue weighted by Crippen LogP contribution is 2.30. The SMILES string of the molecule is O=C(CNc1ccccc1)N/N=C\c1ccc(-c2ccccc2[N+](=O)[O-])o1. The van der Waals surface area contributed by atoms with Gasteiger partial charge < -0.3 is 9.73 Å². The molecule has 0 radical (unpaired) electrons. The predicted molar refractivity (Wildman–Crippen MR) is 101 cm³/mol. The van der Waals surface area contributed by atoms with E-state index in [-0.39, 0.29) is 18.1 Å². The molecular weight excluding hydrogens is 348 g/mol. The molecule has 0 aliphatic carbocycles. The molecule has 8 nitrogen and oxygen atoms in total. The van der Waals surface area contributed by atoms with Crippen molar-refractivity contribution in [3.63, 3.8) is 0 Å². The highest BCUT2D eigenvalue weighted by atomic mass is 16.6. The average Bonchev–Trinajstić information content (AvgIpc) is 3.16. The van der Waals surface area contributed by atoms with Crippen LogP contribution < -0.4 is 10.7 Å². The van der Waals surface area contributed by atoms with E-state index in [9.17, 15) is 14.9 Å². The maximum Gasteiger partial charge on any atom is 0.280 e. The fourth-order valence-electron chi connectivity index (χ4n) is 2.35. The summed E-state index contributed by atoms with van der Waals surface area (Å²) in [4.78, 5) is 22.4. The molecule has 3 aromatic rings. The van der Waals surface area contributed by atoms with E-state index in [1.54, 1.807) is 30.3 Å². The lowest BCUT2D eigenvalue weighted by atomic mass is 10.1. The van der Waals surface area contributed by atoms with Crippen molar-refractivity contribution in [2.45, 2.75) is 0 Å². The average molecular weight is 364 g/mol. The second-order valence-electron chi connectivity index (χ2n) is 5.49. The molecule has 0 saturated carbocycles. The van der Waals surface area contributed by atoms with Crippen LogP contribution in [-0.4, -0.2) is 23.6 Å². The van der Waals surface area contributed by atoms with E-state index in [4.69, 9.17) is 4.42 Å². The Balaban J connectivity index is 1.58. The number of para-hydroxylation sites is 2. The van der Waals surface area contributed by atoms with Gasteiger partial charge in [-0.05, 0) is 30.3 Å². The molecule has 0 fully saturated rings. The molecule has 2 N–H and O–H groups in total. The van der Waals surface area contributed by atoms with Gasteiger partial charge in [-0.15, -0.1) is 0 Å². The van der Waals surface area contributed by atoms with Gasteiger partial charge in [0.25, 0.3) is 11.6 Å². The van der Waals surface area contributed by atoms with Crippen molar-refractivity contribution in [3.8, 4) is 11.3 Å². The van der Waals surface area contributed by atoms with E-state index in [0.29, 0.717) is 17.1 Å². The van der Waals surface area contributed by atoms with E-state index in [1.165, 1.54) is 12.3 Å². The Morgan fingerprint density at radius 3 is 2.59 bits per heavy atom. The molecule has 2 aromatic carbocycles. The zero-order valence-electron chi connectivity index (χ0n) is 14.2. The number of benzene rings is 2. The lowest BCUT2D eigenvalue weighted by Crippen LogP contribution is -2.25. The molecule has 0 spiro atoms. The van der Waals surface area contributed by atoms with Gasteiger partial charge in [0.15, 0.2) is 0 Å². The largest absolute Gasteiger partial charge is 0.455 e. The molecule has 1 heterocycles. The quantitative estimate of drug-likeness (QED) is 0.379. The van der Waals surface area contributed by atoms with E-state index >= 15 is 0 Å². The molecule has 0 saturated heterocycles. The Hall–Kier alpha value is -3.94. The summed E-state index contributed by atoms with van der Waals surface area (Å²) < 4.78 is 5.55. The number of carbonyl (C=O) groups is 1. The number of hydrazone groups is 1. The topological polar surface area (TPSA) is 110 Å². The minimum Gasteiger partial charge on any atom is -0.455 e. The van der Waals surface area contributed by atoms with Crippen LogP contribution in [0.1, 0.15) is 5.76 Å². The van der Waals surface area contributed by atoms with Gasteiger partial charge in [0.05, 0.1) is 23.2 Å². The molecule has 0 aliphatic rings. The Kier molecular flexibility index (Phi) is 5.58. The Bertz CT molecular complexity index is 967. The van der Waals surface area contributed by atoms with Crippen LogP contribution in [0.5, 0.6) is 0 Å². The number of nitrogens with zero attached hydrogens (tertiary/aromatic N) is 2. The summed E-state index contributed by atoms with van der Waals surface area (Å²) in [6.07, 6.45) is 1.33. The van der Waals surface area contributed by atoms with Crippen LogP contribution in [0.3, 0.4) is 0 Å². The van der Waals surface area contributed by atoms with E-state index in [1.807, 2.05) is 30.3 Å². The van der Waals surface area contributed by atoms with Crippen LogP contribution in [0.4, 0.5) is 11.4 Å². The van der Waals surface area contributed by atoms with Crippen molar-refractivity contribution in [2.75, 3.05) is 11.9 Å². The van der Waals surface area contributed by atoms with Crippen molar-refractivity contribution >= 4 is 23.5 Å². The second-order valence-corrected chi connectivity index (χ2v) is 5.49. The monoisotopic (exact) mass is 364 g/mol. The van der Waals surface area contributed by atoms with Gasteiger partial charge >= 0.3 is 0 Å². The first-order valence-corrected chi connectivity index (χ1v) is 8.08. The summed E-state index contributed by atoms with van der Waals surface area (Å²) in [7, 11) is 0. The maximum absolute atomic E-state index is 11.8. The molecule has 0 bridgehead atoms. The smallest absolute Gasteiger partial charge is 0.280 e. The zero-order chi connectivity index (χ0) is 19.1. The Morgan fingerprint density at radius 2 is 1.81 bits per heavy atom. The number of carbonyl (C=O) groups excluding carboxylic acids is 1. The lowest BCUT2D eigenvalue weighted by Gasteiger charge is -2.04. The predicted octanol–water partition coefficient (Wildman–Crippen LogP) is 3.42. The normalized spacial score (nSPS) is 10.7. The van der Waals surface area contributed by atoms with E-state index in [0.717, 1.165) is 5.69 Å². The molecule has 1 amide bonds. The first-order valence-electron chi connectivity index (χ1n) is 8.08. The van der Waals surface area contributed by atoms with Gasteiger partial charge in [0.1, 0.15) is 11.5 Å². The van der Waals surface area contributed by atoms with Gasteiger partial charge in [-0.1, -0.05) is 30.3 Å². The van der Waals surface area contributed by atoms with Crippen molar-refractivity contribution in [3.05, 3.63) is 82.6 Å². The third-order valence-corrected chi connectivity index (χ3v) is 3.60. The van der Waals surface area contributed by atoms with Gasteiger partial charge in [-0.25, -0.2) is 5.43 Å². The van der Waals surface area contributed by atoms with Crippen LogP contribution in [0, 0.1) is 10.1 Å². The van der Waals surface area contributed by atoms with Crippen LogP contribution in [0.2, 0.25) is 0 Å². The van der Waals surface area contributed by atoms with Crippen LogP contribution in [0.15, 0.2) is 76.2 Å². The summed E-state index contributed by atoms with van der Waals surface area (Å²) in [6, 6.07) is 18.8. The molecular formula is C19H16N4O4. The number of nitro groups is 1. The van der Waals surface area contributed by atoms with Crippen molar-refractivity contribution < 1.29 is 14.1 Å². The van der Waals surface area contributed by atoms with Crippen molar-refractivity contribution in [2.24, 2.45) is 5.10 Å². The van der Waals surface area contributed by atoms with E-state index in [2.05, 4.69) is 15.8 Å². The van der Waals surface area contributed by atoms with Gasteiger partial charge in [-0.3, -0.25) is 14.9 Å². The number of rotatable bonds is 7. The minimum atomic E-state index is -0.467. The number of hydrogen-bond donors (Lipinski definition) is 2. The number of nitrogens with one attached hydrogen (secondary N) is 2. The molecule has 0 aliphatic heterocycles. The van der Waals surface area contributed by atoms with E-state index < -0.39 is 4.92 Å². The van der Waals surface area contributed by atoms with Crippen molar-refractivity contribution in [1.29, 1.82) is 0 Å². The molecule has 0 atom stereocenters. The fraction of sp³-hybridized carbons (Fsp3) is 0.0526. The Morgan fingerprint density at radius 1 is 1.07 bits per heavy atom. The summed E-state index contributed by atoms with van der Waals surface area (Å²) >= 11 is 0. The summed E-state index contributed by atoms with van der Waals surface area (Å²) in [5.41, 5.74) is 3.54. The molecule has 1 aromatic heterocycles. The summed E-state index contributed by atoms with van der Waals surface area (Å²) in [5, 5.41) is 17.9. The third kappa shape index (κ3) is 4.79. The first kappa shape index (κ1) is 17.9. The fourth-order valence-corrected chi connectivity index (χ4v) is 2.35. The number of hydrogen-bond acceptors (Lipinski definition) is 6. The molecule has 136 valence electrons. The number of anilines is 1. The highest BCUT2D eigenvalue weighted by molar-refractivity contribution is 5.83. The summed E-state index contributed by atoms with van der Waals surface area (Å²) in [5.74, 6) is 0.390. The number of amides is 1. The molecule has 0 unspecified atom stereocenters. The van der Waals surface area contributed by atoms with Crippen molar-refractivity contribution in [1.82, 2.24) is 5.43 Å². The maximum atomic E-state index is 11.8. The zero-order valence-corrected chi connectivity index (χ0v) is 14.2. The minimum absolute atomic E-state index is 0.0457.